The normalized spacial score (nSPS) is 16.3. The Kier molecular flexibility index (Phi) is 4.25. The van der Waals surface area contributed by atoms with Gasteiger partial charge in [-0.3, -0.25) is 0 Å². The first-order valence-corrected chi connectivity index (χ1v) is 7.01. The summed E-state index contributed by atoms with van der Waals surface area (Å²) in [6, 6.07) is 14.4. The highest BCUT2D eigenvalue weighted by Gasteiger charge is 2.22. The van der Waals surface area contributed by atoms with Crippen molar-refractivity contribution in [1.29, 1.82) is 0 Å². The van der Waals surface area contributed by atoms with Crippen LogP contribution in [0.15, 0.2) is 48.5 Å². The van der Waals surface area contributed by atoms with Crippen LogP contribution in [0, 0.1) is 0 Å². The molecule has 1 atom stereocenters. The minimum Gasteiger partial charge on any atom is -0.486 e. The number of fused-ring (bicyclic) bond motifs is 1. The molecule has 114 valence electrons. The molecule has 1 aliphatic heterocycles. The van der Waals surface area contributed by atoms with E-state index in [2.05, 4.69) is 0 Å². The second-order valence-corrected chi connectivity index (χ2v) is 5.02. The largest absolute Gasteiger partial charge is 0.486 e. The second-order valence-electron chi connectivity index (χ2n) is 5.02. The van der Waals surface area contributed by atoms with E-state index in [4.69, 9.17) is 19.3 Å². The Morgan fingerprint density at radius 1 is 1.18 bits per heavy atom. The smallest absolute Gasteiger partial charge is 0.335 e. The molecule has 0 amide bonds. The molecule has 0 saturated heterocycles. The van der Waals surface area contributed by atoms with E-state index in [9.17, 15) is 4.79 Å². The molecule has 0 saturated carbocycles. The molecule has 5 nitrogen and oxygen atoms in total. The molecule has 0 spiro atoms. The Labute approximate surface area is 128 Å². The molecule has 22 heavy (non-hydrogen) atoms. The van der Waals surface area contributed by atoms with E-state index in [1.54, 1.807) is 6.07 Å². The standard InChI is InChI=1S/C17H16O5/c18-17(19)13-6-7-15-16(8-13)22-14(11-21-15)10-20-9-12-4-2-1-3-5-12/h1-8,14H,9-11H2,(H,18,19). The average Bonchev–Trinajstić information content (AvgIpc) is 2.55. The van der Waals surface area contributed by atoms with Gasteiger partial charge in [0.2, 0.25) is 0 Å². The van der Waals surface area contributed by atoms with Gasteiger partial charge in [0.15, 0.2) is 17.6 Å². The van der Waals surface area contributed by atoms with Crippen molar-refractivity contribution < 1.29 is 24.1 Å². The maximum absolute atomic E-state index is 11.0. The van der Waals surface area contributed by atoms with Gasteiger partial charge in [-0.15, -0.1) is 0 Å². The molecule has 1 aliphatic rings. The molecule has 5 heteroatoms. The number of aromatic carboxylic acids is 1. The van der Waals surface area contributed by atoms with Crippen molar-refractivity contribution in [2.24, 2.45) is 0 Å². The monoisotopic (exact) mass is 300 g/mol. The van der Waals surface area contributed by atoms with Gasteiger partial charge in [0.1, 0.15) is 6.61 Å². The quantitative estimate of drug-likeness (QED) is 0.919. The molecular formula is C17H16O5. The van der Waals surface area contributed by atoms with Crippen LogP contribution in [-0.2, 0) is 11.3 Å². The number of rotatable bonds is 5. The van der Waals surface area contributed by atoms with E-state index in [0.29, 0.717) is 31.3 Å². The van der Waals surface area contributed by atoms with Crippen molar-refractivity contribution >= 4 is 5.97 Å². The molecule has 1 N–H and O–H groups in total. The lowest BCUT2D eigenvalue weighted by atomic mass is 10.2. The lowest BCUT2D eigenvalue weighted by Gasteiger charge is -2.26. The molecule has 0 fully saturated rings. The van der Waals surface area contributed by atoms with Gasteiger partial charge < -0.3 is 19.3 Å². The van der Waals surface area contributed by atoms with Crippen LogP contribution in [0.3, 0.4) is 0 Å². The number of carboxylic acid groups (broad SMARTS) is 1. The van der Waals surface area contributed by atoms with Crippen molar-refractivity contribution in [2.75, 3.05) is 13.2 Å². The Bertz CT molecular complexity index is 653. The third-order valence-electron chi connectivity index (χ3n) is 3.32. The van der Waals surface area contributed by atoms with Crippen molar-refractivity contribution in [2.45, 2.75) is 12.7 Å². The summed E-state index contributed by atoms with van der Waals surface area (Å²) < 4.78 is 17.0. The Morgan fingerprint density at radius 3 is 2.77 bits per heavy atom. The predicted molar refractivity (Wildman–Crippen MR) is 79.4 cm³/mol. The van der Waals surface area contributed by atoms with Gasteiger partial charge in [0, 0.05) is 0 Å². The number of carboxylic acids is 1. The zero-order valence-electron chi connectivity index (χ0n) is 11.9. The third-order valence-corrected chi connectivity index (χ3v) is 3.32. The average molecular weight is 300 g/mol. The van der Waals surface area contributed by atoms with Crippen LogP contribution in [-0.4, -0.2) is 30.4 Å². The molecule has 0 aliphatic carbocycles. The van der Waals surface area contributed by atoms with Crippen LogP contribution in [0.25, 0.3) is 0 Å². The lowest BCUT2D eigenvalue weighted by Crippen LogP contribution is -2.33. The zero-order chi connectivity index (χ0) is 15.4. The molecule has 2 aromatic rings. The van der Waals surface area contributed by atoms with Gasteiger partial charge in [-0.25, -0.2) is 4.79 Å². The van der Waals surface area contributed by atoms with Gasteiger partial charge >= 0.3 is 5.97 Å². The second kappa shape index (κ2) is 6.49. The molecule has 1 heterocycles. The highest BCUT2D eigenvalue weighted by atomic mass is 16.6. The molecule has 0 bridgehead atoms. The van der Waals surface area contributed by atoms with Gasteiger partial charge in [-0.1, -0.05) is 30.3 Å². The number of hydrogen-bond donors (Lipinski definition) is 1. The van der Waals surface area contributed by atoms with Gasteiger partial charge in [-0.2, -0.15) is 0 Å². The third kappa shape index (κ3) is 3.38. The number of benzene rings is 2. The fraction of sp³-hybridized carbons (Fsp3) is 0.235. The van der Waals surface area contributed by atoms with Crippen molar-refractivity contribution in [3.63, 3.8) is 0 Å². The molecule has 3 rings (SSSR count). The molecule has 1 unspecified atom stereocenters. The van der Waals surface area contributed by atoms with Gasteiger partial charge in [0.25, 0.3) is 0 Å². The lowest BCUT2D eigenvalue weighted by molar-refractivity contribution is 0.00263. The van der Waals surface area contributed by atoms with Crippen LogP contribution in [0.2, 0.25) is 0 Å². The van der Waals surface area contributed by atoms with Crippen molar-refractivity contribution in [3.05, 3.63) is 59.7 Å². The molecular weight excluding hydrogens is 284 g/mol. The summed E-state index contributed by atoms with van der Waals surface area (Å²) in [5.74, 6) is 0.0117. The maximum Gasteiger partial charge on any atom is 0.335 e. The van der Waals surface area contributed by atoms with Crippen LogP contribution in [0.4, 0.5) is 0 Å². The fourth-order valence-electron chi connectivity index (χ4n) is 2.21. The topological polar surface area (TPSA) is 65.0 Å². The van der Waals surface area contributed by atoms with Crippen LogP contribution in [0.1, 0.15) is 15.9 Å². The van der Waals surface area contributed by atoms with Crippen LogP contribution < -0.4 is 9.47 Å². The highest BCUT2D eigenvalue weighted by Crippen LogP contribution is 2.32. The van der Waals surface area contributed by atoms with E-state index in [1.807, 2.05) is 30.3 Å². The Morgan fingerprint density at radius 2 is 2.00 bits per heavy atom. The minimum atomic E-state index is -0.992. The minimum absolute atomic E-state index is 0.174. The Balaban J connectivity index is 1.57. The van der Waals surface area contributed by atoms with E-state index >= 15 is 0 Å². The number of carbonyl (C=O) groups is 1. The summed E-state index contributed by atoms with van der Waals surface area (Å²) in [6.07, 6.45) is -0.250. The van der Waals surface area contributed by atoms with Crippen LogP contribution in [0.5, 0.6) is 11.5 Å². The van der Waals surface area contributed by atoms with Crippen LogP contribution >= 0.6 is 0 Å². The SMILES string of the molecule is O=C(O)c1ccc2c(c1)OC(COCc1ccccc1)CO2. The summed E-state index contributed by atoms with van der Waals surface area (Å²) in [5, 5.41) is 9.00. The zero-order valence-corrected chi connectivity index (χ0v) is 11.9. The fourth-order valence-corrected chi connectivity index (χ4v) is 2.21. The summed E-state index contributed by atoms with van der Waals surface area (Å²) in [5.41, 5.74) is 1.26. The first kappa shape index (κ1) is 14.4. The molecule has 0 radical (unpaired) electrons. The summed E-state index contributed by atoms with van der Waals surface area (Å²) in [6.45, 7) is 1.27. The Hall–Kier alpha value is -2.53. The van der Waals surface area contributed by atoms with E-state index in [1.165, 1.54) is 12.1 Å². The summed E-state index contributed by atoms with van der Waals surface area (Å²) in [7, 11) is 0. The predicted octanol–water partition coefficient (Wildman–Crippen LogP) is 2.74. The van der Waals surface area contributed by atoms with Gasteiger partial charge in [-0.05, 0) is 23.8 Å². The van der Waals surface area contributed by atoms with Crippen molar-refractivity contribution in [3.8, 4) is 11.5 Å². The molecule has 0 aromatic heterocycles. The van der Waals surface area contributed by atoms with E-state index in [0.717, 1.165) is 5.56 Å². The van der Waals surface area contributed by atoms with E-state index < -0.39 is 5.97 Å². The van der Waals surface area contributed by atoms with Gasteiger partial charge in [0.05, 0.1) is 18.8 Å². The number of hydrogen-bond acceptors (Lipinski definition) is 4. The first-order chi connectivity index (χ1) is 10.7. The summed E-state index contributed by atoms with van der Waals surface area (Å²) >= 11 is 0. The summed E-state index contributed by atoms with van der Waals surface area (Å²) in [4.78, 5) is 11.0. The van der Waals surface area contributed by atoms with E-state index in [-0.39, 0.29) is 11.7 Å². The highest BCUT2D eigenvalue weighted by molar-refractivity contribution is 5.88. The van der Waals surface area contributed by atoms with Crippen molar-refractivity contribution in [1.82, 2.24) is 0 Å². The maximum atomic E-state index is 11.0. The first-order valence-electron chi connectivity index (χ1n) is 7.01. The number of ether oxygens (including phenoxy) is 3. The molecule has 2 aromatic carbocycles.